The normalized spacial score (nSPS) is 25.3. The van der Waals surface area contributed by atoms with E-state index in [0.29, 0.717) is 0 Å². The first kappa shape index (κ1) is 14.3. The van der Waals surface area contributed by atoms with Gasteiger partial charge in [-0.15, -0.1) is 0 Å². The first-order valence-corrected chi connectivity index (χ1v) is 8.10. The smallest absolute Gasteiger partial charge is 0.00798 e. The molecule has 0 aromatic rings. The quantitative estimate of drug-likeness (QED) is 0.772. The van der Waals surface area contributed by atoms with Gasteiger partial charge in [-0.3, -0.25) is 0 Å². The largest absolute Gasteiger partial charge is 0.314 e. The summed E-state index contributed by atoms with van der Waals surface area (Å²) in [7, 11) is 0. The highest BCUT2D eigenvalue weighted by Crippen LogP contribution is 2.11. The number of hydrogen-bond donors (Lipinski definition) is 1. The molecule has 0 saturated carbocycles. The second kappa shape index (κ2) is 8.37. The molecule has 1 heterocycles. The van der Waals surface area contributed by atoms with E-state index >= 15 is 0 Å². The Labute approximate surface area is 106 Å². The Morgan fingerprint density at radius 2 is 2.19 bits per heavy atom. The highest BCUT2D eigenvalue weighted by atomic mass is 32.2. The molecular formula is C13H28N2S. The second-order valence-corrected chi connectivity index (χ2v) is 5.94. The summed E-state index contributed by atoms with van der Waals surface area (Å²) in [6, 6.07) is 0.765. The second-order valence-electron chi connectivity index (χ2n) is 5.03. The van der Waals surface area contributed by atoms with Gasteiger partial charge in [-0.2, -0.15) is 11.8 Å². The zero-order valence-corrected chi connectivity index (χ0v) is 12.0. The summed E-state index contributed by atoms with van der Waals surface area (Å²) in [6.07, 6.45) is 6.26. The molecule has 2 unspecified atom stereocenters. The Balaban J connectivity index is 2.17. The Kier molecular flexibility index (Phi) is 7.50. The van der Waals surface area contributed by atoms with Gasteiger partial charge in [0.15, 0.2) is 0 Å². The molecule has 0 radical (unpaired) electrons. The fourth-order valence-electron chi connectivity index (χ4n) is 2.39. The topological polar surface area (TPSA) is 15.3 Å². The van der Waals surface area contributed by atoms with Crippen molar-refractivity contribution in [3.63, 3.8) is 0 Å². The molecule has 0 bridgehead atoms. The van der Waals surface area contributed by atoms with Crippen LogP contribution < -0.4 is 5.32 Å². The number of thioether (sulfide) groups is 1. The van der Waals surface area contributed by atoms with Crippen LogP contribution >= 0.6 is 11.8 Å². The summed E-state index contributed by atoms with van der Waals surface area (Å²) in [4.78, 5) is 2.58. The van der Waals surface area contributed by atoms with Gasteiger partial charge in [0, 0.05) is 6.04 Å². The third kappa shape index (κ3) is 5.55. The zero-order chi connectivity index (χ0) is 11.8. The lowest BCUT2D eigenvalue weighted by Gasteiger charge is -2.20. The minimum absolute atomic E-state index is 0.765. The Bertz CT molecular complexity index is 175. The molecule has 1 rings (SSSR count). The van der Waals surface area contributed by atoms with Crippen LogP contribution in [0.5, 0.6) is 0 Å². The molecule has 16 heavy (non-hydrogen) atoms. The van der Waals surface area contributed by atoms with Crippen molar-refractivity contribution in [3.05, 3.63) is 0 Å². The molecule has 0 spiro atoms. The van der Waals surface area contributed by atoms with E-state index in [2.05, 4.69) is 30.3 Å². The minimum Gasteiger partial charge on any atom is -0.314 e. The average molecular weight is 244 g/mol. The number of hydrogen-bond acceptors (Lipinski definition) is 3. The van der Waals surface area contributed by atoms with Crippen LogP contribution in [0.2, 0.25) is 0 Å². The summed E-state index contributed by atoms with van der Waals surface area (Å²) in [5.41, 5.74) is 0. The third-order valence-electron chi connectivity index (χ3n) is 3.47. The lowest BCUT2D eigenvalue weighted by molar-refractivity contribution is 0.296. The van der Waals surface area contributed by atoms with E-state index in [1.807, 2.05) is 11.8 Å². The van der Waals surface area contributed by atoms with E-state index in [9.17, 15) is 0 Å². The molecule has 1 N–H and O–H groups in total. The molecule has 0 aliphatic carbocycles. The molecule has 0 aromatic heterocycles. The van der Waals surface area contributed by atoms with E-state index in [-0.39, 0.29) is 0 Å². The fourth-order valence-corrected chi connectivity index (χ4v) is 3.07. The van der Waals surface area contributed by atoms with Crippen molar-refractivity contribution in [1.29, 1.82) is 0 Å². The van der Waals surface area contributed by atoms with Gasteiger partial charge in [0.25, 0.3) is 0 Å². The summed E-state index contributed by atoms with van der Waals surface area (Å²) in [5.74, 6) is 2.08. The van der Waals surface area contributed by atoms with Crippen LogP contribution in [0.4, 0.5) is 0 Å². The molecular weight excluding hydrogens is 216 g/mol. The SMILES string of the molecule is CCN1CCCC(NCC(C)CSC)CC1. The van der Waals surface area contributed by atoms with Crippen molar-refractivity contribution >= 4 is 11.8 Å². The van der Waals surface area contributed by atoms with Crippen LogP contribution in [0.15, 0.2) is 0 Å². The minimum atomic E-state index is 0.765. The van der Waals surface area contributed by atoms with E-state index in [1.54, 1.807) is 0 Å². The maximum Gasteiger partial charge on any atom is 0.00798 e. The monoisotopic (exact) mass is 244 g/mol. The highest BCUT2D eigenvalue weighted by Gasteiger charge is 2.15. The number of nitrogens with one attached hydrogen (secondary N) is 1. The summed E-state index contributed by atoms with van der Waals surface area (Å²) >= 11 is 1.96. The van der Waals surface area contributed by atoms with Crippen molar-refractivity contribution in [2.24, 2.45) is 5.92 Å². The molecule has 0 aromatic carbocycles. The molecule has 3 heteroatoms. The van der Waals surface area contributed by atoms with Crippen molar-refractivity contribution in [2.75, 3.05) is 38.2 Å². The first-order valence-electron chi connectivity index (χ1n) is 6.71. The Morgan fingerprint density at radius 1 is 1.38 bits per heavy atom. The predicted octanol–water partition coefficient (Wildman–Crippen LogP) is 2.45. The van der Waals surface area contributed by atoms with Crippen LogP contribution in [0.1, 0.15) is 33.1 Å². The van der Waals surface area contributed by atoms with Gasteiger partial charge >= 0.3 is 0 Å². The van der Waals surface area contributed by atoms with Gasteiger partial charge in [0.05, 0.1) is 0 Å². The van der Waals surface area contributed by atoms with Gasteiger partial charge < -0.3 is 10.2 Å². The van der Waals surface area contributed by atoms with Gasteiger partial charge in [0.1, 0.15) is 0 Å². The number of nitrogens with zero attached hydrogens (tertiary/aromatic N) is 1. The van der Waals surface area contributed by atoms with Crippen molar-refractivity contribution in [2.45, 2.75) is 39.2 Å². The van der Waals surface area contributed by atoms with Crippen LogP contribution in [0, 0.1) is 5.92 Å². The van der Waals surface area contributed by atoms with Crippen LogP contribution in [-0.4, -0.2) is 49.1 Å². The van der Waals surface area contributed by atoms with E-state index < -0.39 is 0 Å². The Hall–Kier alpha value is 0.270. The lowest BCUT2D eigenvalue weighted by Crippen LogP contribution is -2.34. The molecule has 1 aliphatic heterocycles. The molecule has 2 atom stereocenters. The molecule has 96 valence electrons. The standard InChI is InChI=1S/C13H28N2S/c1-4-15-8-5-6-13(7-9-15)14-10-12(2)11-16-3/h12-14H,4-11H2,1-3H3. The van der Waals surface area contributed by atoms with E-state index in [0.717, 1.165) is 12.0 Å². The predicted molar refractivity (Wildman–Crippen MR) is 75.3 cm³/mol. The molecule has 1 saturated heterocycles. The number of likely N-dealkylation sites (tertiary alicyclic amines) is 1. The molecule has 0 amide bonds. The highest BCUT2D eigenvalue weighted by molar-refractivity contribution is 7.98. The third-order valence-corrected chi connectivity index (χ3v) is 4.38. The Morgan fingerprint density at radius 3 is 2.88 bits per heavy atom. The van der Waals surface area contributed by atoms with Crippen molar-refractivity contribution in [3.8, 4) is 0 Å². The summed E-state index contributed by atoms with van der Waals surface area (Å²) in [6.45, 7) is 9.61. The fraction of sp³-hybridized carbons (Fsp3) is 1.00. The van der Waals surface area contributed by atoms with Crippen LogP contribution in [0.3, 0.4) is 0 Å². The first-order chi connectivity index (χ1) is 7.76. The van der Waals surface area contributed by atoms with Gasteiger partial charge in [-0.25, -0.2) is 0 Å². The van der Waals surface area contributed by atoms with Crippen molar-refractivity contribution in [1.82, 2.24) is 10.2 Å². The summed E-state index contributed by atoms with van der Waals surface area (Å²) in [5, 5.41) is 3.75. The zero-order valence-electron chi connectivity index (χ0n) is 11.2. The van der Waals surface area contributed by atoms with Crippen molar-refractivity contribution < 1.29 is 0 Å². The molecule has 2 nitrogen and oxygen atoms in total. The van der Waals surface area contributed by atoms with Gasteiger partial charge in [-0.05, 0) is 63.4 Å². The van der Waals surface area contributed by atoms with E-state index in [1.165, 1.54) is 51.2 Å². The lowest BCUT2D eigenvalue weighted by atomic mass is 10.1. The van der Waals surface area contributed by atoms with E-state index in [4.69, 9.17) is 0 Å². The van der Waals surface area contributed by atoms with Gasteiger partial charge in [0.2, 0.25) is 0 Å². The average Bonchev–Trinajstić information content (AvgIpc) is 2.51. The summed E-state index contributed by atoms with van der Waals surface area (Å²) < 4.78 is 0. The van der Waals surface area contributed by atoms with Crippen LogP contribution in [-0.2, 0) is 0 Å². The molecule has 1 aliphatic rings. The van der Waals surface area contributed by atoms with Crippen LogP contribution in [0.25, 0.3) is 0 Å². The molecule has 1 fully saturated rings. The van der Waals surface area contributed by atoms with Gasteiger partial charge in [-0.1, -0.05) is 13.8 Å². The maximum absolute atomic E-state index is 3.75. The maximum atomic E-state index is 3.75. The number of rotatable bonds is 6.